The fourth-order valence-electron chi connectivity index (χ4n) is 13.2. The van der Waals surface area contributed by atoms with Crippen LogP contribution in [0, 0.1) is 0 Å². The second kappa shape index (κ2) is 18.2. The first-order valence-corrected chi connectivity index (χ1v) is 28.0. The van der Waals surface area contributed by atoms with Crippen molar-refractivity contribution in [2.24, 2.45) is 0 Å². The van der Waals surface area contributed by atoms with Crippen LogP contribution in [-0.2, 0) is 0 Å². The quantitative estimate of drug-likeness (QED) is 0.152. The van der Waals surface area contributed by atoms with Crippen molar-refractivity contribution in [3.63, 3.8) is 0 Å². The van der Waals surface area contributed by atoms with E-state index in [0.29, 0.717) is 5.82 Å². The van der Waals surface area contributed by atoms with E-state index >= 15 is 0 Å². The van der Waals surface area contributed by atoms with Gasteiger partial charge in [-0.05, 0) is 103 Å². The highest BCUT2D eigenvalue weighted by Crippen LogP contribution is 2.45. The number of rotatable bonds is 8. The Bertz CT molecular complexity index is 5020. The summed E-state index contributed by atoms with van der Waals surface area (Å²) in [7, 11) is 0. The standard InChI is InChI=1S/C76H48N6/c1-3-21-49(22-4-1)64-48-65(50-23-5-2-6-24-50)78-76(77-64)51-39-42-73(61(45-51)60-31-13-20-38-72(60)81-70-36-18-11-29-58(70)59-30-12-19-37-71(59)81)82-74-43-40-52(79-66-32-14-7-25-54(66)55-26-8-15-33-67(55)79)46-62(74)63-47-53(41-44-75(63)82)80-68-34-16-9-27-56(68)57-28-10-17-35-69(57)80/h1-48H. The van der Waals surface area contributed by atoms with E-state index in [1.807, 2.05) is 0 Å². The Morgan fingerprint density at radius 1 is 0.207 bits per heavy atom. The van der Waals surface area contributed by atoms with E-state index in [9.17, 15) is 0 Å². The van der Waals surface area contributed by atoms with Crippen LogP contribution in [0.15, 0.2) is 291 Å². The smallest absolute Gasteiger partial charge is 0.160 e. The molecule has 0 radical (unpaired) electrons. The summed E-state index contributed by atoms with van der Waals surface area (Å²) >= 11 is 0. The van der Waals surface area contributed by atoms with Crippen LogP contribution in [0.1, 0.15) is 0 Å². The third kappa shape index (κ3) is 7.01. The number of hydrogen-bond donors (Lipinski definition) is 0. The minimum absolute atomic E-state index is 0.649. The Labute approximate surface area is 471 Å². The van der Waals surface area contributed by atoms with Crippen molar-refractivity contribution in [2.75, 3.05) is 0 Å². The Balaban J connectivity index is 0.973. The molecule has 82 heavy (non-hydrogen) atoms. The van der Waals surface area contributed by atoms with Crippen LogP contribution in [0.2, 0.25) is 0 Å². The zero-order chi connectivity index (χ0) is 53.8. The maximum atomic E-state index is 5.41. The first-order chi connectivity index (χ1) is 40.7. The van der Waals surface area contributed by atoms with Gasteiger partial charge in [0.15, 0.2) is 5.82 Å². The highest BCUT2D eigenvalue weighted by molar-refractivity contribution is 6.15. The molecule has 0 atom stereocenters. The molecule has 6 heteroatoms. The van der Waals surface area contributed by atoms with Crippen molar-refractivity contribution in [1.29, 1.82) is 0 Å². The molecule has 0 amide bonds. The van der Waals surface area contributed by atoms with Gasteiger partial charge in [0, 0.05) is 82.3 Å². The van der Waals surface area contributed by atoms with Gasteiger partial charge in [-0.15, -0.1) is 0 Å². The Kier molecular flexibility index (Phi) is 10.2. The Hall–Kier alpha value is -11.1. The molecule has 382 valence electrons. The predicted octanol–water partition coefficient (Wildman–Crippen LogP) is 19.5. The van der Waals surface area contributed by atoms with Gasteiger partial charge >= 0.3 is 0 Å². The maximum absolute atomic E-state index is 5.41. The monoisotopic (exact) mass is 1040 g/mol. The lowest BCUT2D eigenvalue weighted by molar-refractivity contribution is 1.15. The second-order valence-electron chi connectivity index (χ2n) is 21.3. The fraction of sp³-hybridized carbons (Fsp3) is 0. The molecule has 0 aliphatic carbocycles. The molecule has 0 saturated carbocycles. The highest BCUT2D eigenvalue weighted by Gasteiger charge is 2.24. The van der Waals surface area contributed by atoms with Crippen molar-refractivity contribution >= 4 is 87.2 Å². The molecule has 0 fully saturated rings. The summed E-state index contributed by atoms with van der Waals surface area (Å²) < 4.78 is 9.80. The van der Waals surface area contributed by atoms with Crippen molar-refractivity contribution in [3.8, 4) is 67.8 Å². The first-order valence-electron chi connectivity index (χ1n) is 28.0. The SMILES string of the molecule is c1ccc(-c2cc(-c3ccccc3)nc(-c3ccc(-n4c5ccc(-n6c7ccccc7c7ccccc76)cc5c5cc(-n6c7ccccc7c7ccccc76)ccc54)c(-c4ccccc4-n4c5ccccc5c5ccccc54)c3)n2)cc1. The van der Waals surface area contributed by atoms with E-state index in [1.165, 1.54) is 54.4 Å². The third-order valence-corrected chi connectivity index (χ3v) is 16.8. The molecule has 0 saturated heterocycles. The summed E-state index contributed by atoms with van der Waals surface area (Å²) in [6, 6.07) is 105. The summed E-state index contributed by atoms with van der Waals surface area (Å²) in [5, 5.41) is 9.64. The topological polar surface area (TPSA) is 45.5 Å². The molecule has 12 aromatic carbocycles. The molecule has 5 heterocycles. The molecular formula is C76H48N6. The second-order valence-corrected chi connectivity index (χ2v) is 21.3. The van der Waals surface area contributed by atoms with Gasteiger partial charge in [0.25, 0.3) is 0 Å². The van der Waals surface area contributed by atoms with Gasteiger partial charge in [0.2, 0.25) is 0 Å². The molecule has 17 rings (SSSR count). The molecule has 0 aliphatic rings. The zero-order valence-corrected chi connectivity index (χ0v) is 44.4. The van der Waals surface area contributed by atoms with Crippen molar-refractivity contribution < 1.29 is 0 Å². The number of benzene rings is 12. The minimum atomic E-state index is 0.649. The van der Waals surface area contributed by atoms with Gasteiger partial charge in [0.1, 0.15) is 0 Å². The summed E-state index contributed by atoms with van der Waals surface area (Å²) in [6.45, 7) is 0. The lowest BCUT2D eigenvalue weighted by Crippen LogP contribution is -2.03. The summed E-state index contributed by atoms with van der Waals surface area (Å²) in [4.78, 5) is 10.8. The maximum Gasteiger partial charge on any atom is 0.160 e. The van der Waals surface area contributed by atoms with E-state index in [4.69, 9.17) is 9.97 Å². The van der Waals surface area contributed by atoms with Gasteiger partial charge in [0.05, 0.1) is 66.9 Å². The number of nitrogens with zero attached hydrogens (tertiary/aromatic N) is 6. The van der Waals surface area contributed by atoms with Crippen molar-refractivity contribution in [1.82, 2.24) is 28.2 Å². The van der Waals surface area contributed by atoms with Crippen LogP contribution in [0.5, 0.6) is 0 Å². The van der Waals surface area contributed by atoms with E-state index in [-0.39, 0.29) is 0 Å². The average molecular weight is 1050 g/mol. The lowest BCUT2D eigenvalue weighted by Gasteiger charge is -2.20. The summed E-state index contributed by atoms with van der Waals surface area (Å²) in [5.74, 6) is 0.649. The summed E-state index contributed by atoms with van der Waals surface area (Å²) in [6.07, 6.45) is 0. The van der Waals surface area contributed by atoms with Gasteiger partial charge in [-0.25, -0.2) is 9.97 Å². The van der Waals surface area contributed by atoms with Gasteiger partial charge in [-0.2, -0.15) is 0 Å². The minimum Gasteiger partial charge on any atom is -0.309 e. The number of aromatic nitrogens is 6. The molecular weight excluding hydrogens is 997 g/mol. The van der Waals surface area contributed by atoms with E-state index in [0.717, 1.165) is 94.8 Å². The number of hydrogen-bond acceptors (Lipinski definition) is 2. The summed E-state index contributed by atoms with van der Waals surface area (Å²) in [5.41, 5.74) is 20.3. The van der Waals surface area contributed by atoms with Crippen molar-refractivity contribution in [2.45, 2.75) is 0 Å². The van der Waals surface area contributed by atoms with E-state index in [1.54, 1.807) is 0 Å². The van der Waals surface area contributed by atoms with Crippen molar-refractivity contribution in [3.05, 3.63) is 291 Å². The normalized spacial score (nSPS) is 11.9. The molecule has 0 spiro atoms. The molecule has 0 unspecified atom stereocenters. The molecule has 0 N–H and O–H groups in total. The fourth-order valence-corrected chi connectivity index (χ4v) is 13.2. The van der Waals surface area contributed by atoms with Gasteiger partial charge in [-0.3, -0.25) is 0 Å². The number of para-hydroxylation sites is 7. The molecule has 0 aliphatic heterocycles. The Morgan fingerprint density at radius 2 is 0.549 bits per heavy atom. The molecule has 17 aromatic rings. The van der Waals surface area contributed by atoms with E-state index in [2.05, 4.69) is 309 Å². The zero-order valence-electron chi connectivity index (χ0n) is 44.4. The van der Waals surface area contributed by atoms with Crippen LogP contribution in [-0.4, -0.2) is 28.2 Å². The average Bonchev–Trinajstić information content (AvgIpc) is 2.69. The van der Waals surface area contributed by atoms with Gasteiger partial charge in [-0.1, -0.05) is 188 Å². The molecule has 5 aromatic heterocycles. The third-order valence-electron chi connectivity index (χ3n) is 16.8. The van der Waals surface area contributed by atoms with Crippen LogP contribution < -0.4 is 0 Å². The Morgan fingerprint density at radius 3 is 0.976 bits per heavy atom. The molecule has 0 bridgehead atoms. The van der Waals surface area contributed by atoms with Crippen LogP contribution in [0.25, 0.3) is 155 Å². The largest absolute Gasteiger partial charge is 0.309 e. The van der Waals surface area contributed by atoms with Gasteiger partial charge < -0.3 is 18.3 Å². The predicted molar refractivity (Wildman–Crippen MR) is 341 cm³/mol. The van der Waals surface area contributed by atoms with Crippen LogP contribution in [0.4, 0.5) is 0 Å². The van der Waals surface area contributed by atoms with Crippen LogP contribution >= 0.6 is 0 Å². The van der Waals surface area contributed by atoms with Crippen LogP contribution in [0.3, 0.4) is 0 Å². The highest BCUT2D eigenvalue weighted by atomic mass is 15.0. The van der Waals surface area contributed by atoms with E-state index < -0.39 is 0 Å². The number of fused-ring (bicyclic) bond motifs is 12. The lowest BCUT2D eigenvalue weighted by atomic mass is 9.97. The first kappa shape index (κ1) is 45.9. The molecule has 6 nitrogen and oxygen atoms in total.